The molecule has 94 valence electrons. The van der Waals surface area contributed by atoms with E-state index in [2.05, 4.69) is 11.9 Å². The van der Waals surface area contributed by atoms with Gasteiger partial charge in [-0.05, 0) is 31.5 Å². The Labute approximate surface area is 103 Å². The quantitative estimate of drug-likeness (QED) is 0.871. The molecule has 0 saturated heterocycles. The number of rotatable bonds is 4. The fourth-order valence-corrected chi connectivity index (χ4v) is 2.59. The van der Waals surface area contributed by atoms with E-state index in [0.717, 1.165) is 11.1 Å². The van der Waals surface area contributed by atoms with Crippen LogP contribution in [-0.2, 0) is 13.1 Å². The molecule has 1 fully saturated rings. The van der Waals surface area contributed by atoms with Crippen molar-refractivity contribution in [2.75, 3.05) is 7.05 Å². The Kier molecular flexibility index (Phi) is 4.13. The Morgan fingerprint density at radius 2 is 2.06 bits per heavy atom. The smallest absolute Gasteiger partial charge is 0.128 e. The minimum absolute atomic E-state index is 0.127. The molecule has 0 radical (unpaired) electrons. The van der Waals surface area contributed by atoms with E-state index >= 15 is 0 Å². The summed E-state index contributed by atoms with van der Waals surface area (Å²) >= 11 is 0. The Bertz CT molecular complexity index is 372. The molecule has 0 spiro atoms. The molecular formula is C14H21FN2. The van der Waals surface area contributed by atoms with Gasteiger partial charge in [0.05, 0.1) is 0 Å². The third-order valence-corrected chi connectivity index (χ3v) is 3.72. The molecule has 0 heterocycles. The van der Waals surface area contributed by atoms with Crippen molar-refractivity contribution in [3.63, 3.8) is 0 Å². The highest BCUT2D eigenvalue weighted by Crippen LogP contribution is 2.24. The lowest BCUT2D eigenvalue weighted by Crippen LogP contribution is -2.28. The zero-order valence-electron chi connectivity index (χ0n) is 10.5. The van der Waals surface area contributed by atoms with Gasteiger partial charge in [-0.15, -0.1) is 0 Å². The molecule has 1 saturated carbocycles. The number of nitrogens with two attached hydrogens (primary N) is 1. The van der Waals surface area contributed by atoms with Gasteiger partial charge in [0, 0.05) is 24.7 Å². The summed E-state index contributed by atoms with van der Waals surface area (Å²) in [6.45, 7) is 1.09. The first-order chi connectivity index (χ1) is 8.20. The van der Waals surface area contributed by atoms with Gasteiger partial charge in [0.15, 0.2) is 0 Å². The second kappa shape index (κ2) is 5.61. The summed E-state index contributed by atoms with van der Waals surface area (Å²) in [7, 11) is 2.09. The van der Waals surface area contributed by atoms with Crippen LogP contribution in [0.15, 0.2) is 18.2 Å². The van der Waals surface area contributed by atoms with Gasteiger partial charge in [0.25, 0.3) is 0 Å². The number of hydrogen-bond donors (Lipinski definition) is 1. The second-order valence-corrected chi connectivity index (χ2v) is 4.98. The van der Waals surface area contributed by atoms with E-state index in [9.17, 15) is 4.39 Å². The lowest BCUT2D eigenvalue weighted by atomic mass is 10.1. The van der Waals surface area contributed by atoms with Gasteiger partial charge in [-0.25, -0.2) is 4.39 Å². The Hall–Kier alpha value is -0.930. The average molecular weight is 236 g/mol. The molecule has 1 aromatic carbocycles. The zero-order chi connectivity index (χ0) is 12.3. The van der Waals surface area contributed by atoms with Crippen molar-refractivity contribution in [3.05, 3.63) is 35.1 Å². The topological polar surface area (TPSA) is 29.3 Å². The highest BCUT2D eigenvalue weighted by atomic mass is 19.1. The maximum atomic E-state index is 13.8. The molecule has 1 aliphatic carbocycles. The van der Waals surface area contributed by atoms with Gasteiger partial charge >= 0.3 is 0 Å². The van der Waals surface area contributed by atoms with Crippen LogP contribution in [0.4, 0.5) is 4.39 Å². The number of nitrogens with zero attached hydrogens (tertiary/aromatic N) is 1. The monoisotopic (exact) mass is 236 g/mol. The third-order valence-electron chi connectivity index (χ3n) is 3.72. The predicted molar refractivity (Wildman–Crippen MR) is 68.0 cm³/mol. The van der Waals surface area contributed by atoms with Crippen LogP contribution in [0.25, 0.3) is 0 Å². The Morgan fingerprint density at radius 1 is 1.35 bits per heavy atom. The minimum Gasteiger partial charge on any atom is -0.326 e. The summed E-state index contributed by atoms with van der Waals surface area (Å²) in [5.74, 6) is -0.127. The fraction of sp³-hybridized carbons (Fsp3) is 0.571. The molecule has 17 heavy (non-hydrogen) atoms. The second-order valence-electron chi connectivity index (χ2n) is 4.98. The summed E-state index contributed by atoms with van der Waals surface area (Å²) in [4.78, 5) is 2.27. The van der Waals surface area contributed by atoms with Crippen LogP contribution in [0.2, 0.25) is 0 Å². The molecule has 2 rings (SSSR count). The van der Waals surface area contributed by atoms with Crippen molar-refractivity contribution < 1.29 is 4.39 Å². The molecule has 0 aromatic heterocycles. The third kappa shape index (κ3) is 3.05. The van der Waals surface area contributed by atoms with Crippen LogP contribution >= 0.6 is 0 Å². The van der Waals surface area contributed by atoms with Crippen LogP contribution in [0.1, 0.15) is 36.8 Å². The van der Waals surface area contributed by atoms with Crippen LogP contribution in [0.5, 0.6) is 0 Å². The predicted octanol–water partition coefficient (Wildman–Crippen LogP) is 2.66. The molecule has 0 aliphatic heterocycles. The maximum absolute atomic E-state index is 13.8. The van der Waals surface area contributed by atoms with Gasteiger partial charge in [-0.1, -0.05) is 25.0 Å². The number of benzene rings is 1. The largest absolute Gasteiger partial charge is 0.326 e. The summed E-state index contributed by atoms with van der Waals surface area (Å²) in [6, 6.07) is 5.96. The van der Waals surface area contributed by atoms with E-state index < -0.39 is 0 Å². The fourth-order valence-electron chi connectivity index (χ4n) is 2.59. The first-order valence-electron chi connectivity index (χ1n) is 6.38. The van der Waals surface area contributed by atoms with Gasteiger partial charge in [-0.3, -0.25) is 4.90 Å². The lowest BCUT2D eigenvalue weighted by Gasteiger charge is -2.24. The van der Waals surface area contributed by atoms with Crippen molar-refractivity contribution in [1.82, 2.24) is 4.90 Å². The van der Waals surface area contributed by atoms with E-state index in [0.29, 0.717) is 19.1 Å². The van der Waals surface area contributed by atoms with Crippen LogP contribution < -0.4 is 5.73 Å². The molecule has 0 atom stereocenters. The Morgan fingerprint density at radius 3 is 2.65 bits per heavy atom. The van der Waals surface area contributed by atoms with Crippen LogP contribution in [0, 0.1) is 5.82 Å². The summed E-state index contributed by atoms with van der Waals surface area (Å²) in [5, 5.41) is 0. The molecule has 1 aromatic rings. The zero-order valence-corrected chi connectivity index (χ0v) is 10.5. The highest BCUT2D eigenvalue weighted by Gasteiger charge is 2.20. The molecule has 3 heteroatoms. The normalized spacial score (nSPS) is 16.9. The van der Waals surface area contributed by atoms with Gasteiger partial charge < -0.3 is 5.73 Å². The minimum atomic E-state index is -0.127. The van der Waals surface area contributed by atoms with Crippen molar-refractivity contribution in [2.45, 2.75) is 44.8 Å². The molecule has 0 amide bonds. The molecular weight excluding hydrogens is 215 g/mol. The van der Waals surface area contributed by atoms with E-state index in [1.165, 1.54) is 25.7 Å². The highest BCUT2D eigenvalue weighted by molar-refractivity contribution is 5.24. The van der Waals surface area contributed by atoms with Crippen molar-refractivity contribution in [3.8, 4) is 0 Å². The SMILES string of the molecule is CN(Cc1ccc(CN)cc1F)C1CCCC1. The number of hydrogen-bond acceptors (Lipinski definition) is 2. The summed E-state index contributed by atoms with van der Waals surface area (Å²) in [6.07, 6.45) is 5.12. The summed E-state index contributed by atoms with van der Waals surface area (Å²) < 4.78 is 13.8. The first kappa shape index (κ1) is 12.5. The van der Waals surface area contributed by atoms with E-state index in [4.69, 9.17) is 5.73 Å². The molecule has 1 aliphatic rings. The van der Waals surface area contributed by atoms with Crippen molar-refractivity contribution in [1.29, 1.82) is 0 Å². The molecule has 0 bridgehead atoms. The maximum Gasteiger partial charge on any atom is 0.128 e. The van der Waals surface area contributed by atoms with E-state index in [1.54, 1.807) is 6.07 Å². The van der Waals surface area contributed by atoms with E-state index in [1.807, 2.05) is 12.1 Å². The van der Waals surface area contributed by atoms with Crippen molar-refractivity contribution in [2.24, 2.45) is 5.73 Å². The molecule has 0 unspecified atom stereocenters. The lowest BCUT2D eigenvalue weighted by molar-refractivity contribution is 0.234. The standard InChI is InChI=1S/C14H21FN2/c1-17(13-4-2-3-5-13)10-12-7-6-11(9-16)8-14(12)15/h6-8,13H,2-5,9-10,16H2,1H3. The summed E-state index contributed by atoms with van der Waals surface area (Å²) in [5.41, 5.74) is 7.12. The van der Waals surface area contributed by atoms with Gasteiger partial charge in [0.1, 0.15) is 5.82 Å². The molecule has 2 nitrogen and oxygen atoms in total. The number of halogens is 1. The van der Waals surface area contributed by atoms with Crippen molar-refractivity contribution >= 4 is 0 Å². The average Bonchev–Trinajstić information content (AvgIpc) is 2.85. The van der Waals surface area contributed by atoms with Gasteiger partial charge in [0.2, 0.25) is 0 Å². The molecule has 2 N–H and O–H groups in total. The van der Waals surface area contributed by atoms with Crippen LogP contribution in [0.3, 0.4) is 0 Å². The van der Waals surface area contributed by atoms with Gasteiger partial charge in [-0.2, -0.15) is 0 Å². The first-order valence-corrected chi connectivity index (χ1v) is 6.38. The van der Waals surface area contributed by atoms with Crippen LogP contribution in [-0.4, -0.2) is 18.0 Å². The Balaban J connectivity index is 2.02. The van der Waals surface area contributed by atoms with E-state index in [-0.39, 0.29) is 5.82 Å².